The fourth-order valence-electron chi connectivity index (χ4n) is 2.66. The summed E-state index contributed by atoms with van der Waals surface area (Å²) in [5.41, 5.74) is 1.67. The Morgan fingerprint density at radius 1 is 1.32 bits per heavy atom. The number of nitrogens with one attached hydrogen (secondary N) is 2. The quantitative estimate of drug-likeness (QED) is 0.469. The standard InChI is InChI=1S/C17H19N5O3/c1-10(2)14(8-23)21-17-12-7-13(20-16(12)18-9-19-17)11-5-3-4-6-15(11)22(24)25/h3-7,9-10,14,23H,8H2,1-2H3,(H2,18,19,20,21)/t14-/m0/s1. The van der Waals surface area contributed by atoms with Gasteiger partial charge in [0.2, 0.25) is 0 Å². The summed E-state index contributed by atoms with van der Waals surface area (Å²) in [5, 5.41) is 24.7. The number of aliphatic hydroxyl groups is 1. The third-order valence-electron chi connectivity index (χ3n) is 4.14. The molecule has 1 aromatic carbocycles. The Kier molecular flexibility index (Phi) is 4.62. The lowest BCUT2D eigenvalue weighted by molar-refractivity contribution is -0.384. The lowest BCUT2D eigenvalue weighted by atomic mass is 10.1. The Morgan fingerprint density at radius 3 is 2.76 bits per heavy atom. The van der Waals surface area contributed by atoms with Crippen molar-refractivity contribution in [3.8, 4) is 11.3 Å². The van der Waals surface area contributed by atoms with E-state index >= 15 is 0 Å². The van der Waals surface area contributed by atoms with Gasteiger partial charge in [-0.3, -0.25) is 10.1 Å². The normalized spacial score (nSPS) is 12.5. The lowest BCUT2D eigenvalue weighted by Crippen LogP contribution is -2.29. The zero-order chi connectivity index (χ0) is 18.0. The highest BCUT2D eigenvalue weighted by Gasteiger charge is 2.19. The van der Waals surface area contributed by atoms with E-state index in [1.807, 2.05) is 13.8 Å². The molecule has 0 unspecified atom stereocenters. The number of aromatic nitrogens is 3. The molecule has 3 rings (SSSR count). The zero-order valence-corrected chi connectivity index (χ0v) is 13.9. The van der Waals surface area contributed by atoms with Gasteiger partial charge in [0.05, 0.1) is 34.2 Å². The van der Waals surface area contributed by atoms with Crippen LogP contribution in [0.2, 0.25) is 0 Å². The van der Waals surface area contributed by atoms with E-state index in [2.05, 4.69) is 20.3 Å². The Bertz CT molecular complexity index is 906. The summed E-state index contributed by atoms with van der Waals surface area (Å²) in [6.07, 6.45) is 1.42. The van der Waals surface area contributed by atoms with Gasteiger partial charge in [-0.1, -0.05) is 26.0 Å². The third kappa shape index (κ3) is 3.29. The largest absolute Gasteiger partial charge is 0.394 e. The van der Waals surface area contributed by atoms with Gasteiger partial charge in [-0.2, -0.15) is 0 Å². The monoisotopic (exact) mass is 341 g/mol. The van der Waals surface area contributed by atoms with Crippen LogP contribution >= 0.6 is 0 Å². The first-order chi connectivity index (χ1) is 12.0. The highest BCUT2D eigenvalue weighted by Crippen LogP contribution is 2.32. The molecular weight excluding hydrogens is 322 g/mol. The van der Waals surface area contributed by atoms with Crippen molar-refractivity contribution in [2.24, 2.45) is 5.92 Å². The number of nitro groups is 1. The Balaban J connectivity index is 2.07. The van der Waals surface area contributed by atoms with E-state index in [0.29, 0.717) is 22.7 Å². The van der Waals surface area contributed by atoms with E-state index in [-0.39, 0.29) is 24.3 Å². The smallest absolute Gasteiger partial charge is 0.278 e. The molecule has 0 bridgehead atoms. The number of H-pyrrole nitrogens is 1. The first-order valence-electron chi connectivity index (χ1n) is 7.96. The van der Waals surface area contributed by atoms with Crippen LogP contribution in [0.5, 0.6) is 0 Å². The Hall–Kier alpha value is -3.00. The van der Waals surface area contributed by atoms with Crippen LogP contribution in [0.15, 0.2) is 36.7 Å². The van der Waals surface area contributed by atoms with Gasteiger partial charge in [0.1, 0.15) is 17.8 Å². The van der Waals surface area contributed by atoms with Crippen LogP contribution in [0.3, 0.4) is 0 Å². The van der Waals surface area contributed by atoms with Crippen LogP contribution in [0.25, 0.3) is 22.3 Å². The molecule has 2 aromatic heterocycles. The minimum atomic E-state index is -0.410. The molecule has 0 aliphatic carbocycles. The molecule has 1 atom stereocenters. The van der Waals surface area contributed by atoms with Gasteiger partial charge in [-0.25, -0.2) is 9.97 Å². The molecule has 0 saturated carbocycles. The summed E-state index contributed by atoms with van der Waals surface area (Å²) in [6.45, 7) is 3.98. The third-order valence-corrected chi connectivity index (χ3v) is 4.14. The second-order valence-corrected chi connectivity index (χ2v) is 6.12. The van der Waals surface area contributed by atoms with Crippen LogP contribution in [0, 0.1) is 16.0 Å². The number of benzene rings is 1. The van der Waals surface area contributed by atoms with E-state index in [1.165, 1.54) is 12.4 Å². The number of nitro benzene ring substituents is 1. The number of aliphatic hydroxyl groups excluding tert-OH is 1. The van der Waals surface area contributed by atoms with Crippen molar-refractivity contribution >= 4 is 22.5 Å². The van der Waals surface area contributed by atoms with E-state index in [4.69, 9.17) is 0 Å². The maximum Gasteiger partial charge on any atom is 0.278 e. The number of para-hydroxylation sites is 1. The van der Waals surface area contributed by atoms with Gasteiger partial charge in [0.25, 0.3) is 5.69 Å². The van der Waals surface area contributed by atoms with E-state index in [1.54, 1.807) is 24.3 Å². The zero-order valence-electron chi connectivity index (χ0n) is 13.9. The molecule has 0 spiro atoms. The van der Waals surface area contributed by atoms with Crippen LogP contribution in [0.1, 0.15) is 13.8 Å². The molecule has 0 saturated heterocycles. The van der Waals surface area contributed by atoms with Gasteiger partial charge >= 0.3 is 0 Å². The molecule has 0 fully saturated rings. The second-order valence-electron chi connectivity index (χ2n) is 6.12. The highest BCUT2D eigenvalue weighted by atomic mass is 16.6. The summed E-state index contributed by atoms with van der Waals surface area (Å²) in [6, 6.07) is 8.17. The van der Waals surface area contributed by atoms with E-state index in [0.717, 1.165) is 5.39 Å². The summed E-state index contributed by atoms with van der Waals surface area (Å²) in [7, 11) is 0. The number of hydrogen-bond acceptors (Lipinski definition) is 6. The van der Waals surface area contributed by atoms with E-state index in [9.17, 15) is 15.2 Å². The molecule has 130 valence electrons. The fraction of sp³-hybridized carbons (Fsp3) is 0.294. The van der Waals surface area contributed by atoms with Crippen molar-refractivity contribution < 1.29 is 10.0 Å². The molecule has 25 heavy (non-hydrogen) atoms. The maximum atomic E-state index is 11.3. The van der Waals surface area contributed by atoms with Crippen molar-refractivity contribution in [3.05, 3.63) is 46.8 Å². The van der Waals surface area contributed by atoms with Crippen LogP contribution in [-0.4, -0.2) is 37.6 Å². The molecule has 8 nitrogen and oxygen atoms in total. The highest BCUT2D eigenvalue weighted by molar-refractivity contribution is 5.92. The van der Waals surface area contributed by atoms with Crippen molar-refractivity contribution in [3.63, 3.8) is 0 Å². The number of aromatic amines is 1. The summed E-state index contributed by atoms with van der Waals surface area (Å²) in [4.78, 5) is 22.4. The Labute approximate surface area is 144 Å². The maximum absolute atomic E-state index is 11.3. The molecule has 0 radical (unpaired) electrons. The summed E-state index contributed by atoms with van der Waals surface area (Å²) >= 11 is 0. The predicted molar refractivity (Wildman–Crippen MR) is 95.3 cm³/mol. The molecule has 0 amide bonds. The van der Waals surface area contributed by atoms with Gasteiger partial charge in [0, 0.05) is 6.07 Å². The fourth-order valence-corrected chi connectivity index (χ4v) is 2.66. The van der Waals surface area contributed by atoms with E-state index < -0.39 is 4.92 Å². The predicted octanol–water partition coefficient (Wildman–Crippen LogP) is 2.96. The van der Waals surface area contributed by atoms with Gasteiger partial charge in [0.15, 0.2) is 0 Å². The number of anilines is 1. The molecule has 3 N–H and O–H groups in total. The molecule has 0 aliphatic rings. The van der Waals surface area contributed by atoms with Crippen molar-refractivity contribution in [2.45, 2.75) is 19.9 Å². The minimum absolute atomic E-state index is 0.0203. The summed E-state index contributed by atoms with van der Waals surface area (Å²) < 4.78 is 0. The lowest BCUT2D eigenvalue weighted by Gasteiger charge is -2.20. The average Bonchev–Trinajstić information content (AvgIpc) is 3.04. The average molecular weight is 341 g/mol. The number of fused-ring (bicyclic) bond motifs is 1. The van der Waals surface area contributed by atoms with Crippen LogP contribution < -0.4 is 5.32 Å². The van der Waals surface area contributed by atoms with Crippen LogP contribution in [0.4, 0.5) is 11.5 Å². The van der Waals surface area contributed by atoms with Gasteiger partial charge < -0.3 is 15.4 Å². The first-order valence-corrected chi connectivity index (χ1v) is 7.96. The minimum Gasteiger partial charge on any atom is -0.394 e. The molecule has 2 heterocycles. The summed E-state index contributed by atoms with van der Waals surface area (Å²) in [5.74, 6) is 0.794. The second kappa shape index (κ2) is 6.86. The molecule has 3 aromatic rings. The SMILES string of the molecule is CC(C)[C@H](CO)Nc1ncnc2[nH]c(-c3ccccc3[N+](=O)[O-])cc12. The van der Waals surface area contributed by atoms with Crippen molar-refractivity contribution in [2.75, 3.05) is 11.9 Å². The molecule has 8 heteroatoms. The molecular formula is C17H19N5O3. The topological polar surface area (TPSA) is 117 Å². The number of nitrogens with zero attached hydrogens (tertiary/aromatic N) is 3. The Morgan fingerprint density at radius 2 is 2.08 bits per heavy atom. The van der Waals surface area contributed by atoms with Crippen LogP contribution in [-0.2, 0) is 0 Å². The molecule has 0 aliphatic heterocycles. The van der Waals surface area contributed by atoms with Gasteiger partial charge in [-0.05, 0) is 18.1 Å². The number of rotatable bonds is 6. The number of hydrogen-bond donors (Lipinski definition) is 3. The van der Waals surface area contributed by atoms with Crippen molar-refractivity contribution in [1.29, 1.82) is 0 Å². The van der Waals surface area contributed by atoms with Gasteiger partial charge in [-0.15, -0.1) is 0 Å². The van der Waals surface area contributed by atoms with Crippen molar-refractivity contribution in [1.82, 2.24) is 15.0 Å². The first kappa shape index (κ1) is 16.8.